The largest absolute Gasteiger partial charge is 0.489 e. The molecule has 0 bridgehead atoms. The molecule has 0 atom stereocenters. The van der Waals surface area contributed by atoms with Crippen LogP contribution in [-0.4, -0.2) is 16.2 Å². The number of fused-ring (bicyclic) bond motifs is 2. The molecule has 1 fully saturated rings. The molecule has 0 spiro atoms. The second-order valence-electron chi connectivity index (χ2n) is 9.03. The lowest BCUT2D eigenvalue weighted by Gasteiger charge is -2.12. The summed E-state index contributed by atoms with van der Waals surface area (Å²) in [5, 5.41) is 14.7. The number of benzene rings is 3. The number of halogens is 2. The SMILES string of the molecule is O=C(O)c1ccc2c(c1)Sc1ccc(OCc3c(-c4c(Cl)cccc4Cl)noc3C3CC3)cc1CC2. The number of hydrogen-bond donors (Lipinski definition) is 1. The Bertz CT molecular complexity index is 1470. The third-order valence-electron chi connectivity index (χ3n) is 6.58. The highest BCUT2D eigenvalue weighted by Crippen LogP contribution is 2.46. The summed E-state index contributed by atoms with van der Waals surface area (Å²) in [5.41, 5.74) is 4.80. The Morgan fingerprint density at radius 1 is 1.03 bits per heavy atom. The molecule has 1 saturated carbocycles. The minimum Gasteiger partial charge on any atom is -0.489 e. The van der Waals surface area contributed by atoms with Crippen LogP contribution in [0.25, 0.3) is 11.3 Å². The topological polar surface area (TPSA) is 72.6 Å². The van der Waals surface area contributed by atoms with Gasteiger partial charge in [-0.2, -0.15) is 0 Å². The van der Waals surface area contributed by atoms with E-state index < -0.39 is 5.97 Å². The van der Waals surface area contributed by atoms with Crippen molar-refractivity contribution in [1.82, 2.24) is 5.16 Å². The monoisotopic (exact) mass is 537 g/mol. The highest BCUT2D eigenvalue weighted by molar-refractivity contribution is 7.99. The van der Waals surface area contributed by atoms with Gasteiger partial charge in [-0.15, -0.1) is 0 Å². The van der Waals surface area contributed by atoms with Crippen LogP contribution in [0.2, 0.25) is 10.0 Å². The van der Waals surface area contributed by atoms with Crippen LogP contribution in [0.3, 0.4) is 0 Å². The summed E-state index contributed by atoms with van der Waals surface area (Å²) in [7, 11) is 0. The fourth-order valence-corrected chi connectivity index (χ4v) is 6.25. The number of aryl methyl sites for hydroxylation is 2. The number of aromatic carboxylic acids is 1. The molecule has 5 nitrogen and oxygen atoms in total. The molecule has 3 aromatic carbocycles. The maximum absolute atomic E-state index is 11.4. The van der Waals surface area contributed by atoms with Crippen molar-refractivity contribution in [2.45, 2.75) is 48.0 Å². The van der Waals surface area contributed by atoms with Crippen LogP contribution in [0.4, 0.5) is 0 Å². The molecule has 1 aromatic heterocycles. The summed E-state index contributed by atoms with van der Waals surface area (Å²) >= 11 is 14.6. The molecular weight excluding hydrogens is 517 g/mol. The average molecular weight is 538 g/mol. The molecule has 36 heavy (non-hydrogen) atoms. The third kappa shape index (κ3) is 4.49. The van der Waals surface area contributed by atoms with Crippen molar-refractivity contribution in [1.29, 1.82) is 0 Å². The number of hydrogen-bond acceptors (Lipinski definition) is 5. The minimum atomic E-state index is -0.914. The first-order chi connectivity index (χ1) is 17.5. The predicted molar refractivity (Wildman–Crippen MR) is 140 cm³/mol. The molecule has 1 N–H and O–H groups in total. The molecular formula is C28H21Cl2NO4S. The normalized spacial score (nSPS) is 14.6. The lowest BCUT2D eigenvalue weighted by atomic mass is 10.0. The number of carboxylic acid groups (broad SMARTS) is 1. The third-order valence-corrected chi connectivity index (χ3v) is 8.43. The number of ether oxygens (including phenoxy) is 1. The van der Waals surface area contributed by atoms with Gasteiger partial charge in [0.25, 0.3) is 0 Å². The summed E-state index contributed by atoms with van der Waals surface area (Å²) in [6, 6.07) is 16.8. The fourth-order valence-electron chi connectivity index (χ4n) is 4.52. The first-order valence-corrected chi connectivity index (χ1v) is 13.3. The number of aromatic nitrogens is 1. The maximum atomic E-state index is 11.4. The predicted octanol–water partition coefficient (Wildman–Crippen LogP) is 8.05. The van der Waals surface area contributed by atoms with Gasteiger partial charge in [0.2, 0.25) is 0 Å². The van der Waals surface area contributed by atoms with Crippen LogP contribution >= 0.6 is 35.0 Å². The van der Waals surface area contributed by atoms with Crippen molar-refractivity contribution in [3.05, 3.63) is 92.7 Å². The molecule has 1 aliphatic carbocycles. The molecule has 8 heteroatoms. The van der Waals surface area contributed by atoms with Crippen molar-refractivity contribution in [3.8, 4) is 17.0 Å². The van der Waals surface area contributed by atoms with Crippen molar-refractivity contribution in [3.63, 3.8) is 0 Å². The molecule has 0 unspecified atom stereocenters. The Labute approximate surface area is 222 Å². The number of carbonyl (C=O) groups is 1. The van der Waals surface area contributed by atoms with Gasteiger partial charge in [0, 0.05) is 21.3 Å². The quantitative estimate of drug-likeness (QED) is 0.268. The smallest absolute Gasteiger partial charge is 0.335 e. The Balaban J connectivity index is 1.27. The van der Waals surface area contributed by atoms with Crippen molar-refractivity contribution in [2.24, 2.45) is 0 Å². The lowest BCUT2D eigenvalue weighted by Crippen LogP contribution is -2.01. The highest BCUT2D eigenvalue weighted by Gasteiger charge is 2.33. The summed E-state index contributed by atoms with van der Waals surface area (Å²) < 4.78 is 12.0. The lowest BCUT2D eigenvalue weighted by molar-refractivity contribution is 0.0696. The van der Waals surface area contributed by atoms with Crippen LogP contribution in [-0.2, 0) is 19.4 Å². The first-order valence-electron chi connectivity index (χ1n) is 11.7. The number of carboxylic acids is 1. The van der Waals surface area contributed by atoms with Crippen molar-refractivity contribution < 1.29 is 19.2 Å². The Morgan fingerprint density at radius 2 is 1.81 bits per heavy atom. The summed E-state index contributed by atoms with van der Waals surface area (Å²) in [4.78, 5) is 13.5. The van der Waals surface area contributed by atoms with Crippen molar-refractivity contribution >= 4 is 40.9 Å². The molecule has 2 heterocycles. The first kappa shape index (κ1) is 23.5. The van der Waals surface area contributed by atoms with Crippen LogP contribution in [0.15, 0.2) is 68.9 Å². The zero-order valence-corrected chi connectivity index (χ0v) is 21.4. The second kappa shape index (κ2) is 9.51. The van der Waals surface area contributed by atoms with Crippen LogP contribution in [0.1, 0.15) is 51.6 Å². The van der Waals surface area contributed by atoms with Gasteiger partial charge in [-0.1, -0.05) is 52.3 Å². The number of nitrogens with zero attached hydrogens (tertiary/aromatic N) is 1. The van der Waals surface area contributed by atoms with E-state index in [1.807, 2.05) is 18.2 Å². The van der Waals surface area contributed by atoms with E-state index >= 15 is 0 Å². The van der Waals surface area contributed by atoms with Crippen LogP contribution in [0, 0.1) is 0 Å². The maximum Gasteiger partial charge on any atom is 0.335 e. The van der Waals surface area contributed by atoms with Gasteiger partial charge in [0.1, 0.15) is 23.8 Å². The van der Waals surface area contributed by atoms with E-state index in [0.717, 1.165) is 58.1 Å². The van der Waals surface area contributed by atoms with Crippen molar-refractivity contribution in [2.75, 3.05) is 0 Å². The molecule has 1 aliphatic heterocycles. The highest BCUT2D eigenvalue weighted by atomic mass is 35.5. The molecule has 4 aromatic rings. The standard InChI is InChI=1S/C28H21Cl2NO4S/c29-21-2-1-3-22(30)25(21)26-20(27(35-31-26)16-6-7-16)14-34-19-10-11-23-17(12-19)8-4-15-5-9-18(28(32)33)13-24(15)36-23/h1-3,5,9-13,16H,4,6-8,14H2,(H,32,33). The molecule has 0 amide bonds. The molecule has 6 rings (SSSR count). The fraction of sp³-hybridized carbons (Fsp3) is 0.214. The van der Waals surface area contributed by atoms with E-state index in [4.69, 9.17) is 32.5 Å². The van der Waals surface area contributed by atoms with Gasteiger partial charge in [-0.25, -0.2) is 4.79 Å². The zero-order chi connectivity index (χ0) is 24.8. The average Bonchev–Trinajstić information content (AvgIpc) is 3.65. The van der Waals surface area contributed by atoms with E-state index in [-0.39, 0.29) is 0 Å². The van der Waals surface area contributed by atoms with E-state index in [0.29, 0.717) is 39.4 Å². The molecule has 0 radical (unpaired) electrons. The summed E-state index contributed by atoms with van der Waals surface area (Å²) in [5.74, 6) is 1.04. The Morgan fingerprint density at radius 3 is 2.56 bits per heavy atom. The van der Waals surface area contributed by atoms with Gasteiger partial charge < -0.3 is 14.4 Å². The number of rotatable bonds is 6. The van der Waals surface area contributed by atoms with E-state index in [1.165, 1.54) is 5.56 Å². The summed E-state index contributed by atoms with van der Waals surface area (Å²) in [6.45, 7) is 0.292. The Kier molecular flexibility index (Phi) is 6.20. The van der Waals surface area contributed by atoms with Gasteiger partial charge in [0.05, 0.1) is 21.2 Å². The van der Waals surface area contributed by atoms with E-state index in [2.05, 4.69) is 11.2 Å². The van der Waals surface area contributed by atoms with Gasteiger partial charge in [-0.3, -0.25) is 0 Å². The van der Waals surface area contributed by atoms with E-state index in [9.17, 15) is 9.90 Å². The van der Waals surface area contributed by atoms with Crippen LogP contribution < -0.4 is 4.74 Å². The Hall–Kier alpha value is -2.93. The molecule has 0 saturated heterocycles. The van der Waals surface area contributed by atoms with Crippen LogP contribution in [0.5, 0.6) is 5.75 Å². The zero-order valence-electron chi connectivity index (χ0n) is 19.1. The van der Waals surface area contributed by atoms with Gasteiger partial charge in [0.15, 0.2) is 0 Å². The van der Waals surface area contributed by atoms with E-state index in [1.54, 1.807) is 42.1 Å². The molecule has 2 aliphatic rings. The van der Waals surface area contributed by atoms with Gasteiger partial charge in [-0.05, 0) is 79.3 Å². The second-order valence-corrected chi connectivity index (χ2v) is 10.9. The van der Waals surface area contributed by atoms with Gasteiger partial charge >= 0.3 is 5.97 Å². The molecule has 182 valence electrons. The minimum absolute atomic E-state index is 0.292. The summed E-state index contributed by atoms with van der Waals surface area (Å²) in [6.07, 6.45) is 3.82.